The summed E-state index contributed by atoms with van der Waals surface area (Å²) in [5.41, 5.74) is 7.24. The number of sulfonamides is 1. The highest BCUT2D eigenvalue weighted by Gasteiger charge is 2.31. The van der Waals surface area contributed by atoms with Crippen LogP contribution in [0, 0.1) is 5.92 Å². The van der Waals surface area contributed by atoms with Crippen molar-refractivity contribution in [3.05, 3.63) is 66.2 Å². The normalized spacial score (nSPS) is 14.5. The molecule has 2 aromatic rings. The zero-order valence-electron chi connectivity index (χ0n) is 15.3. The maximum absolute atomic E-state index is 13.0. The van der Waals surface area contributed by atoms with Gasteiger partial charge in [0.1, 0.15) is 6.23 Å². The summed E-state index contributed by atoms with van der Waals surface area (Å²) in [5, 5.41) is 10.7. The monoisotopic (exact) mass is 376 g/mol. The van der Waals surface area contributed by atoms with Crippen molar-refractivity contribution in [2.75, 3.05) is 6.54 Å². The molecule has 3 N–H and O–H groups in total. The van der Waals surface area contributed by atoms with Gasteiger partial charge in [0, 0.05) is 19.0 Å². The van der Waals surface area contributed by atoms with Crippen LogP contribution in [0.3, 0.4) is 0 Å². The second kappa shape index (κ2) is 9.28. The lowest BCUT2D eigenvalue weighted by Gasteiger charge is -2.30. The highest BCUT2D eigenvalue weighted by atomic mass is 32.2. The van der Waals surface area contributed by atoms with E-state index in [1.807, 2.05) is 44.2 Å². The summed E-state index contributed by atoms with van der Waals surface area (Å²) in [6.45, 7) is 4.07. The Morgan fingerprint density at radius 3 is 2.08 bits per heavy atom. The second-order valence-electron chi connectivity index (χ2n) is 6.95. The third-order valence-corrected chi connectivity index (χ3v) is 5.96. The molecule has 0 saturated carbocycles. The molecule has 6 heteroatoms. The van der Waals surface area contributed by atoms with Crippen molar-refractivity contribution in [2.24, 2.45) is 11.7 Å². The quantitative estimate of drug-likeness (QED) is 0.659. The van der Waals surface area contributed by atoms with E-state index in [1.54, 1.807) is 30.3 Å². The smallest absolute Gasteiger partial charge is 0.245 e. The Hall–Kier alpha value is -1.73. The Balaban J connectivity index is 2.15. The highest BCUT2D eigenvalue weighted by Crippen LogP contribution is 2.21. The van der Waals surface area contributed by atoms with E-state index in [9.17, 15) is 13.5 Å². The van der Waals surface area contributed by atoms with Gasteiger partial charge in [-0.1, -0.05) is 62.4 Å². The molecule has 0 radical (unpaired) electrons. The van der Waals surface area contributed by atoms with Crippen LogP contribution in [0.25, 0.3) is 0 Å². The van der Waals surface area contributed by atoms with Crippen molar-refractivity contribution in [1.82, 2.24) is 4.31 Å². The van der Waals surface area contributed by atoms with E-state index in [2.05, 4.69) is 0 Å². The van der Waals surface area contributed by atoms with E-state index in [1.165, 1.54) is 0 Å². The SMILES string of the molecule is CC(C)CN(C(O)C[C@@H](N)Cc1ccccc1)S(=O)(=O)c1ccccc1. The molecule has 2 atom stereocenters. The van der Waals surface area contributed by atoms with Crippen LogP contribution < -0.4 is 5.73 Å². The molecule has 0 aromatic heterocycles. The lowest BCUT2D eigenvalue weighted by molar-refractivity contribution is 0.0434. The van der Waals surface area contributed by atoms with Crippen LogP contribution in [0.2, 0.25) is 0 Å². The van der Waals surface area contributed by atoms with Gasteiger partial charge in [-0.2, -0.15) is 4.31 Å². The van der Waals surface area contributed by atoms with Gasteiger partial charge in [0.2, 0.25) is 10.0 Å². The molecule has 142 valence electrons. The van der Waals surface area contributed by atoms with Gasteiger partial charge in [-0.3, -0.25) is 0 Å². The number of hydrogen-bond donors (Lipinski definition) is 2. The molecule has 1 unspecified atom stereocenters. The summed E-state index contributed by atoms with van der Waals surface area (Å²) in [6, 6.07) is 17.6. The van der Waals surface area contributed by atoms with Crippen LogP contribution in [0.15, 0.2) is 65.6 Å². The highest BCUT2D eigenvalue weighted by molar-refractivity contribution is 7.89. The first-order valence-electron chi connectivity index (χ1n) is 8.85. The number of rotatable bonds is 9. The third-order valence-electron chi connectivity index (χ3n) is 4.08. The average molecular weight is 377 g/mol. The molecular weight excluding hydrogens is 348 g/mol. The van der Waals surface area contributed by atoms with E-state index < -0.39 is 16.3 Å². The Morgan fingerprint density at radius 1 is 1.00 bits per heavy atom. The van der Waals surface area contributed by atoms with E-state index in [-0.39, 0.29) is 29.8 Å². The van der Waals surface area contributed by atoms with Crippen LogP contribution in [0.5, 0.6) is 0 Å². The molecule has 0 heterocycles. The molecule has 0 aliphatic heterocycles. The first kappa shape index (κ1) is 20.6. The summed E-state index contributed by atoms with van der Waals surface area (Å²) in [4.78, 5) is 0.177. The maximum atomic E-state index is 13.0. The molecule has 2 aromatic carbocycles. The average Bonchev–Trinajstić information content (AvgIpc) is 2.60. The van der Waals surface area contributed by atoms with Crippen molar-refractivity contribution in [3.63, 3.8) is 0 Å². The summed E-state index contributed by atoms with van der Waals surface area (Å²) in [5.74, 6) is 0.0773. The minimum Gasteiger partial charge on any atom is -0.377 e. The first-order chi connectivity index (χ1) is 12.3. The van der Waals surface area contributed by atoms with Gasteiger partial charge in [-0.05, 0) is 30.0 Å². The van der Waals surface area contributed by atoms with Gasteiger partial charge in [0.25, 0.3) is 0 Å². The molecule has 0 spiro atoms. The van der Waals surface area contributed by atoms with Crippen molar-refractivity contribution in [3.8, 4) is 0 Å². The van der Waals surface area contributed by atoms with E-state index >= 15 is 0 Å². The fourth-order valence-corrected chi connectivity index (χ4v) is 4.53. The van der Waals surface area contributed by atoms with Crippen LogP contribution in [0.1, 0.15) is 25.8 Å². The molecule has 0 aliphatic carbocycles. The van der Waals surface area contributed by atoms with Gasteiger partial charge in [0.15, 0.2) is 0 Å². The lowest BCUT2D eigenvalue weighted by Crippen LogP contribution is -2.45. The van der Waals surface area contributed by atoms with E-state index in [4.69, 9.17) is 5.73 Å². The maximum Gasteiger partial charge on any atom is 0.245 e. The number of hydrogen-bond acceptors (Lipinski definition) is 4. The number of aliphatic hydroxyl groups excluding tert-OH is 1. The predicted octanol–water partition coefficient (Wildman–Crippen LogP) is 2.61. The number of aliphatic hydroxyl groups is 1. The Labute approximate surface area is 156 Å². The van der Waals surface area contributed by atoms with Crippen LogP contribution in [0.4, 0.5) is 0 Å². The zero-order valence-corrected chi connectivity index (χ0v) is 16.1. The Morgan fingerprint density at radius 2 is 1.54 bits per heavy atom. The van der Waals surface area contributed by atoms with Gasteiger partial charge >= 0.3 is 0 Å². The topological polar surface area (TPSA) is 83.6 Å². The predicted molar refractivity (Wildman–Crippen MR) is 104 cm³/mol. The molecule has 0 bridgehead atoms. The Kier molecular flexibility index (Phi) is 7.34. The van der Waals surface area contributed by atoms with E-state index in [0.29, 0.717) is 6.42 Å². The minimum atomic E-state index is -3.79. The lowest BCUT2D eigenvalue weighted by atomic mass is 10.0. The molecule has 0 saturated heterocycles. The van der Waals surface area contributed by atoms with Gasteiger partial charge in [-0.15, -0.1) is 0 Å². The summed E-state index contributed by atoms with van der Waals surface area (Å²) in [7, 11) is -3.79. The molecule has 2 rings (SSSR count). The molecular formula is C20H28N2O3S. The molecule has 0 fully saturated rings. The van der Waals surface area contributed by atoms with Crippen molar-refractivity contribution in [2.45, 2.75) is 43.9 Å². The second-order valence-corrected chi connectivity index (χ2v) is 8.84. The minimum absolute atomic E-state index is 0.0773. The largest absolute Gasteiger partial charge is 0.377 e. The first-order valence-corrected chi connectivity index (χ1v) is 10.3. The standard InChI is InChI=1S/C20H28N2O3S/c1-16(2)15-22(26(24,25)19-11-7-4-8-12-19)20(23)14-18(21)13-17-9-5-3-6-10-17/h3-12,16,18,20,23H,13-15,21H2,1-2H3/t18-,20?/m0/s1. The number of nitrogens with zero attached hydrogens (tertiary/aromatic N) is 1. The number of nitrogens with two attached hydrogens (primary N) is 1. The summed E-state index contributed by atoms with van der Waals surface area (Å²) >= 11 is 0. The summed E-state index contributed by atoms with van der Waals surface area (Å²) in [6.07, 6.45) is -0.409. The van der Waals surface area contributed by atoms with Gasteiger partial charge in [-0.25, -0.2) is 8.42 Å². The third kappa shape index (κ3) is 5.64. The molecule has 26 heavy (non-hydrogen) atoms. The van der Waals surface area contributed by atoms with Gasteiger partial charge < -0.3 is 10.8 Å². The van der Waals surface area contributed by atoms with Crippen LogP contribution in [-0.2, 0) is 16.4 Å². The molecule has 0 aliphatic rings. The van der Waals surface area contributed by atoms with Crippen molar-refractivity contribution in [1.29, 1.82) is 0 Å². The zero-order chi connectivity index (χ0) is 19.2. The van der Waals surface area contributed by atoms with Crippen LogP contribution >= 0.6 is 0 Å². The van der Waals surface area contributed by atoms with Crippen molar-refractivity contribution < 1.29 is 13.5 Å². The van der Waals surface area contributed by atoms with Crippen molar-refractivity contribution >= 4 is 10.0 Å². The summed E-state index contributed by atoms with van der Waals surface area (Å²) < 4.78 is 27.1. The number of benzene rings is 2. The van der Waals surface area contributed by atoms with E-state index in [0.717, 1.165) is 9.87 Å². The molecule has 0 amide bonds. The van der Waals surface area contributed by atoms with Crippen LogP contribution in [-0.4, -0.2) is 36.6 Å². The Bertz CT molecular complexity index is 764. The van der Waals surface area contributed by atoms with Gasteiger partial charge in [0.05, 0.1) is 4.90 Å². The fraction of sp³-hybridized carbons (Fsp3) is 0.400. The molecule has 5 nitrogen and oxygen atoms in total. The fourth-order valence-electron chi connectivity index (χ4n) is 2.86.